The van der Waals surface area contributed by atoms with Gasteiger partial charge in [0.2, 0.25) is 0 Å². The van der Waals surface area contributed by atoms with Crippen LogP contribution in [0.5, 0.6) is 0 Å². The van der Waals surface area contributed by atoms with Gasteiger partial charge in [-0.15, -0.1) is 5.53 Å². The summed E-state index contributed by atoms with van der Waals surface area (Å²) >= 11 is 0. The summed E-state index contributed by atoms with van der Waals surface area (Å²) in [5, 5.41) is 14.7. The predicted octanol–water partition coefficient (Wildman–Crippen LogP) is 1.89. The highest BCUT2D eigenvalue weighted by Crippen LogP contribution is 2.11. The van der Waals surface area contributed by atoms with Gasteiger partial charge >= 0.3 is 0 Å². The van der Waals surface area contributed by atoms with E-state index in [0.717, 1.165) is 18.8 Å². The van der Waals surface area contributed by atoms with Crippen LogP contribution in [0.2, 0.25) is 0 Å². The average Bonchev–Trinajstić information content (AvgIpc) is 2.94. The fourth-order valence-electron chi connectivity index (χ4n) is 2.49. The molecule has 0 amide bonds. The Morgan fingerprint density at radius 1 is 1.22 bits per heavy atom. The molecule has 0 aliphatic carbocycles. The molecule has 0 aromatic heterocycles. The summed E-state index contributed by atoms with van der Waals surface area (Å²) in [5.74, 6) is 0. The lowest BCUT2D eigenvalue weighted by Crippen LogP contribution is -2.37. The molecule has 0 radical (unpaired) electrons. The van der Waals surface area contributed by atoms with Gasteiger partial charge in [-0.3, -0.25) is 5.01 Å². The van der Waals surface area contributed by atoms with E-state index in [1.165, 1.54) is 32.1 Å². The minimum atomic E-state index is -0.141. The van der Waals surface area contributed by atoms with Crippen LogP contribution in [0.4, 0.5) is 0 Å². The first kappa shape index (κ1) is 20.2. The number of aliphatic hydroxyl groups is 1. The van der Waals surface area contributed by atoms with Crippen LogP contribution in [0.15, 0.2) is 11.9 Å². The summed E-state index contributed by atoms with van der Waals surface area (Å²) in [6.45, 7) is 8.77. The number of nitrogens with one attached hydrogen (secondary N) is 3. The molecule has 1 unspecified atom stereocenters. The number of unbranched alkanes of at least 4 members (excludes halogenated alkanes) is 4. The zero-order valence-corrected chi connectivity index (χ0v) is 15.3. The fraction of sp³-hybridized carbons (Fsp3) is 0.882. The van der Waals surface area contributed by atoms with Gasteiger partial charge in [0.05, 0.1) is 12.7 Å². The Balaban J connectivity index is 2.01. The molecule has 0 aromatic rings. The van der Waals surface area contributed by atoms with Crippen molar-refractivity contribution in [3.8, 4) is 0 Å². The Bertz CT molecular complexity index is 338. The minimum absolute atomic E-state index is 0.0413. The van der Waals surface area contributed by atoms with Crippen LogP contribution in [0, 0.1) is 0 Å². The van der Waals surface area contributed by atoms with Gasteiger partial charge in [0.15, 0.2) is 0 Å². The van der Waals surface area contributed by atoms with Crippen molar-refractivity contribution in [2.24, 2.45) is 0 Å². The molecule has 6 heteroatoms. The van der Waals surface area contributed by atoms with Crippen LogP contribution in [0.1, 0.15) is 59.3 Å². The molecule has 0 aromatic carbocycles. The molecule has 1 heterocycles. The number of nitrogens with zero attached hydrogens (tertiary/aromatic N) is 1. The summed E-state index contributed by atoms with van der Waals surface area (Å²) < 4.78 is 5.18. The van der Waals surface area contributed by atoms with Gasteiger partial charge in [0, 0.05) is 37.5 Å². The van der Waals surface area contributed by atoms with E-state index in [2.05, 4.69) is 48.3 Å². The molecule has 6 nitrogen and oxygen atoms in total. The maximum absolute atomic E-state index is 9.14. The van der Waals surface area contributed by atoms with E-state index in [1.807, 2.05) is 0 Å². The normalized spacial score (nSPS) is 16.4. The molecular weight excluding hydrogens is 292 g/mol. The van der Waals surface area contributed by atoms with Gasteiger partial charge in [0.25, 0.3) is 0 Å². The number of hydrogen-bond acceptors (Lipinski definition) is 6. The quantitative estimate of drug-likeness (QED) is 0.410. The highest BCUT2D eigenvalue weighted by atomic mass is 16.5. The first-order valence-electron chi connectivity index (χ1n) is 8.82. The molecule has 1 rings (SSSR count). The molecule has 1 atom stereocenters. The molecule has 0 fully saturated rings. The third-order valence-electron chi connectivity index (χ3n) is 3.89. The van der Waals surface area contributed by atoms with E-state index in [1.54, 1.807) is 7.11 Å². The van der Waals surface area contributed by atoms with Gasteiger partial charge in [-0.25, -0.2) is 0 Å². The van der Waals surface area contributed by atoms with E-state index in [4.69, 9.17) is 9.84 Å². The molecule has 0 saturated heterocycles. The number of rotatable bonds is 12. The molecular formula is C17H36N4O2. The second kappa shape index (κ2) is 10.9. The van der Waals surface area contributed by atoms with Gasteiger partial charge < -0.3 is 20.6 Å². The number of hydrogen-bond donors (Lipinski definition) is 4. The largest absolute Gasteiger partial charge is 0.394 e. The van der Waals surface area contributed by atoms with Gasteiger partial charge in [-0.2, -0.15) is 0 Å². The lowest BCUT2D eigenvalue weighted by molar-refractivity contribution is 0.0484. The highest BCUT2D eigenvalue weighted by molar-refractivity contribution is 5.03. The van der Waals surface area contributed by atoms with Crippen molar-refractivity contribution in [1.82, 2.24) is 21.3 Å². The number of aliphatic hydroxyl groups excluding tert-OH is 1. The molecule has 4 N–H and O–H groups in total. The van der Waals surface area contributed by atoms with Crippen LogP contribution < -0.4 is 16.3 Å². The zero-order valence-electron chi connectivity index (χ0n) is 15.3. The van der Waals surface area contributed by atoms with Gasteiger partial charge in [-0.05, 0) is 40.2 Å². The predicted molar refractivity (Wildman–Crippen MR) is 94.4 cm³/mol. The Morgan fingerprint density at radius 3 is 2.57 bits per heavy atom. The van der Waals surface area contributed by atoms with Crippen molar-refractivity contribution < 1.29 is 9.84 Å². The molecule has 0 spiro atoms. The lowest BCUT2D eigenvalue weighted by Gasteiger charge is -2.20. The van der Waals surface area contributed by atoms with Crippen LogP contribution in [0.3, 0.4) is 0 Å². The van der Waals surface area contributed by atoms with Crippen molar-refractivity contribution in [2.45, 2.75) is 70.9 Å². The summed E-state index contributed by atoms with van der Waals surface area (Å²) in [5.41, 5.74) is 7.55. The van der Waals surface area contributed by atoms with Crippen molar-refractivity contribution >= 4 is 0 Å². The maximum atomic E-state index is 9.14. The van der Waals surface area contributed by atoms with Crippen molar-refractivity contribution in [1.29, 1.82) is 0 Å². The Morgan fingerprint density at radius 2 is 1.91 bits per heavy atom. The van der Waals surface area contributed by atoms with Crippen LogP contribution in [-0.2, 0) is 4.74 Å². The summed E-state index contributed by atoms with van der Waals surface area (Å²) in [7, 11) is 1.62. The summed E-state index contributed by atoms with van der Waals surface area (Å²) in [4.78, 5) is 0. The van der Waals surface area contributed by atoms with Crippen LogP contribution >= 0.6 is 0 Å². The summed E-state index contributed by atoms with van der Waals surface area (Å²) in [6, 6.07) is 0. The fourth-order valence-corrected chi connectivity index (χ4v) is 2.49. The SMILES string of the molecule is COC(CO)CC1=CN(CCCCCCCNC(C)(C)C)NN1. The van der Waals surface area contributed by atoms with E-state index in [9.17, 15) is 0 Å². The van der Waals surface area contributed by atoms with E-state index < -0.39 is 0 Å². The molecule has 1 aliphatic rings. The van der Waals surface area contributed by atoms with Crippen molar-refractivity contribution in [2.75, 3.05) is 26.8 Å². The van der Waals surface area contributed by atoms with Gasteiger partial charge in [-0.1, -0.05) is 19.3 Å². The van der Waals surface area contributed by atoms with E-state index in [0.29, 0.717) is 6.42 Å². The van der Waals surface area contributed by atoms with Crippen molar-refractivity contribution in [3.63, 3.8) is 0 Å². The second-order valence-electron chi connectivity index (χ2n) is 7.27. The molecule has 136 valence electrons. The maximum Gasteiger partial charge on any atom is 0.0857 e. The topological polar surface area (TPSA) is 68.8 Å². The zero-order chi connectivity index (χ0) is 17.1. The van der Waals surface area contributed by atoms with E-state index in [-0.39, 0.29) is 18.2 Å². The molecule has 1 aliphatic heterocycles. The third-order valence-corrected chi connectivity index (χ3v) is 3.89. The molecule has 23 heavy (non-hydrogen) atoms. The van der Waals surface area contributed by atoms with Crippen LogP contribution in [0.25, 0.3) is 0 Å². The first-order chi connectivity index (χ1) is 10.9. The smallest absolute Gasteiger partial charge is 0.0857 e. The first-order valence-corrected chi connectivity index (χ1v) is 8.82. The minimum Gasteiger partial charge on any atom is -0.394 e. The van der Waals surface area contributed by atoms with Crippen LogP contribution in [-0.4, -0.2) is 48.6 Å². The second-order valence-corrected chi connectivity index (χ2v) is 7.27. The number of ether oxygens (including phenoxy) is 1. The van der Waals surface area contributed by atoms with Crippen molar-refractivity contribution in [3.05, 3.63) is 11.9 Å². The Kier molecular flexibility index (Phi) is 9.55. The molecule has 0 bridgehead atoms. The number of methoxy groups -OCH3 is 1. The molecule has 0 saturated carbocycles. The third kappa shape index (κ3) is 9.81. The Labute approximate surface area is 141 Å². The number of hydrazine groups is 2. The van der Waals surface area contributed by atoms with E-state index >= 15 is 0 Å². The Hall–Kier alpha value is -0.820. The standard InChI is InChI=1S/C17H36N4O2/c1-17(2,3)18-10-8-6-5-7-9-11-21-13-15(19-20-21)12-16(14-22)23-4/h13,16,18-20,22H,5-12,14H2,1-4H3. The highest BCUT2D eigenvalue weighted by Gasteiger charge is 2.15. The monoisotopic (exact) mass is 328 g/mol. The lowest BCUT2D eigenvalue weighted by atomic mass is 10.1. The van der Waals surface area contributed by atoms with Gasteiger partial charge in [0.1, 0.15) is 0 Å². The summed E-state index contributed by atoms with van der Waals surface area (Å²) in [6.07, 6.45) is 8.89. The average molecular weight is 329 g/mol.